The van der Waals surface area contributed by atoms with Gasteiger partial charge in [-0.05, 0) is 37.8 Å². The average molecular weight is 273 g/mol. The number of methoxy groups -OCH3 is 1. The van der Waals surface area contributed by atoms with Gasteiger partial charge in [-0.3, -0.25) is 0 Å². The van der Waals surface area contributed by atoms with Crippen molar-refractivity contribution in [2.24, 2.45) is 15.7 Å². The number of rotatable bonds is 2. The number of benzene rings is 1. The summed E-state index contributed by atoms with van der Waals surface area (Å²) in [6, 6.07) is 7.70. The lowest BCUT2D eigenvalue weighted by atomic mass is 10.1. The van der Waals surface area contributed by atoms with Crippen LogP contribution in [0.5, 0.6) is 5.75 Å². The van der Waals surface area contributed by atoms with Gasteiger partial charge in [0.15, 0.2) is 0 Å². The fourth-order valence-electron chi connectivity index (χ4n) is 2.77. The molecular weight excluding hydrogens is 254 g/mol. The van der Waals surface area contributed by atoms with Crippen LogP contribution in [-0.2, 0) is 0 Å². The third-order valence-corrected chi connectivity index (χ3v) is 3.70. The Labute approximate surface area is 118 Å². The van der Waals surface area contributed by atoms with Crippen LogP contribution < -0.4 is 21.1 Å². The Morgan fingerprint density at radius 1 is 1.30 bits per heavy atom. The number of nitrogens with two attached hydrogens (primary N) is 1. The molecule has 20 heavy (non-hydrogen) atoms. The van der Waals surface area contributed by atoms with Gasteiger partial charge in [0.05, 0.1) is 12.8 Å². The van der Waals surface area contributed by atoms with Crippen molar-refractivity contribution in [3.8, 4) is 5.75 Å². The molecule has 6 heteroatoms. The van der Waals surface area contributed by atoms with E-state index in [1.807, 2.05) is 24.3 Å². The summed E-state index contributed by atoms with van der Waals surface area (Å²) in [4.78, 5) is 8.71. The van der Waals surface area contributed by atoms with Crippen LogP contribution in [0.25, 0.3) is 0 Å². The van der Waals surface area contributed by atoms with Gasteiger partial charge >= 0.3 is 0 Å². The molecule has 1 saturated carbocycles. The highest BCUT2D eigenvalue weighted by molar-refractivity contribution is 6.04. The summed E-state index contributed by atoms with van der Waals surface area (Å²) < 4.78 is 5.32. The number of para-hydroxylation sites is 2. The maximum absolute atomic E-state index is 5.86. The molecular formula is C14H19N5O. The molecule has 0 bridgehead atoms. The predicted octanol–water partition coefficient (Wildman–Crippen LogP) is 1.65. The SMILES string of the molecule is COc1ccccc1NC1=NC(N)=NC2(CCCC2)N1. The molecule has 0 atom stereocenters. The van der Waals surface area contributed by atoms with Crippen LogP contribution in [0, 0.1) is 0 Å². The second-order valence-corrected chi connectivity index (χ2v) is 5.12. The first-order valence-corrected chi connectivity index (χ1v) is 6.83. The number of guanidine groups is 2. The van der Waals surface area contributed by atoms with Crippen molar-refractivity contribution in [3.63, 3.8) is 0 Å². The molecule has 1 aromatic carbocycles. The predicted molar refractivity (Wildman–Crippen MR) is 80.0 cm³/mol. The summed E-state index contributed by atoms with van der Waals surface area (Å²) in [5.41, 5.74) is 6.42. The molecule has 1 fully saturated rings. The highest BCUT2D eigenvalue weighted by Crippen LogP contribution is 2.32. The molecule has 0 saturated heterocycles. The van der Waals surface area contributed by atoms with Crippen molar-refractivity contribution < 1.29 is 4.74 Å². The highest BCUT2D eigenvalue weighted by Gasteiger charge is 2.36. The Morgan fingerprint density at radius 2 is 2.05 bits per heavy atom. The standard InChI is InChI=1S/C14H19N5O/c1-20-11-7-3-2-6-10(11)16-13-17-12(15)18-14(19-13)8-4-5-9-14/h2-3,6-7H,4-5,8-9H2,1H3,(H4,15,16,17,18,19). The molecule has 1 aromatic rings. The van der Waals surface area contributed by atoms with E-state index in [9.17, 15) is 0 Å². The van der Waals surface area contributed by atoms with E-state index in [1.165, 1.54) is 0 Å². The molecule has 1 heterocycles. The van der Waals surface area contributed by atoms with Gasteiger partial charge in [-0.15, -0.1) is 0 Å². The molecule has 106 valence electrons. The van der Waals surface area contributed by atoms with E-state index in [0.29, 0.717) is 11.9 Å². The van der Waals surface area contributed by atoms with Crippen LogP contribution in [0.2, 0.25) is 0 Å². The van der Waals surface area contributed by atoms with Gasteiger partial charge in [-0.25, -0.2) is 4.99 Å². The largest absolute Gasteiger partial charge is 0.495 e. The Balaban J connectivity index is 1.82. The summed E-state index contributed by atoms with van der Waals surface area (Å²) in [6.07, 6.45) is 4.29. The smallest absolute Gasteiger partial charge is 0.220 e. The van der Waals surface area contributed by atoms with Gasteiger partial charge in [0.1, 0.15) is 11.4 Å². The number of anilines is 1. The Bertz CT molecular complexity index is 560. The van der Waals surface area contributed by atoms with E-state index in [-0.39, 0.29) is 5.66 Å². The van der Waals surface area contributed by atoms with Gasteiger partial charge in [-0.1, -0.05) is 12.1 Å². The van der Waals surface area contributed by atoms with Gasteiger partial charge in [0.2, 0.25) is 11.9 Å². The Morgan fingerprint density at radius 3 is 2.80 bits per heavy atom. The first kappa shape index (κ1) is 12.8. The highest BCUT2D eigenvalue weighted by atomic mass is 16.5. The van der Waals surface area contributed by atoms with E-state index in [1.54, 1.807) is 7.11 Å². The molecule has 0 unspecified atom stereocenters. The van der Waals surface area contributed by atoms with Crippen molar-refractivity contribution >= 4 is 17.6 Å². The molecule has 4 N–H and O–H groups in total. The van der Waals surface area contributed by atoms with Gasteiger partial charge in [-0.2, -0.15) is 4.99 Å². The molecule has 0 amide bonds. The van der Waals surface area contributed by atoms with Crippen LogP contribution in [-0.4, -0.2) is 24.7 Å². The van der Waals surface area contributed by atoms with E-state index in [2.05, 4.69) is 20.6 Å². The van der Waals surface area contributed by atoms with Crippen molar-refractivity contribution in [2.45, 2.75) is 31.3 Å². The molecule has 6 nitrogen and oxygen atoms in total. The summed E-state index contributed by atoms with van der Waals surface area (Å²) in [6.45, 7) is 0. The molecule has 3 rings (SSSR count). The lowest BCUT2D eigenvalue weighted by molar-refractivity contribution is 0.403. The molecule has 1 aliphatic heterocycles. The number of hydrogen-bond acceptors (Lipinski definition) is 6. The maximum Gasteiger partial charge on any atom is 0.220 e. The second-order valence-electron chi connectivity index (χ2n) is 5.12. The Kier molecular flexibility index (Phi) is 3.22. The molecule has 1 spiro atoms. The van der Waals surface area contributed by atoms with Crippen LogP contribution in [0.15, 0.2) is 34.3 Å². The van der Waals surface area contributed by atoms with Crippen molar-refractivity contribution in [3.05, 3.63) is 24.3 Å². The quantitative estimate of drug-likeness (QED) is 0.765. The van der Waals surface area contributed by atoms with Crippen LogP contribution in [0.3, 0.4) is 0 Å². The first-order valence-electron chi connectivity index (χ1n) is 6.83. The summed E-state index contributed by atoms with van der Waals surface area (Å²) in [5.74, 6) is 1.71. The molecule has 0 radical (unpaired) electrons. The molecule has 2 aliphatic rings. The van der Waals surface area contributed by atoms with Gasteiger partial charge < -0.3 is 21.1 Å². The lowest BCUT2D eigenvalue weighted by Crippen LogP contribution is -2.52. The topological polar surface area (TPSA) is 84.0 Å². The Hall–Kier alpha value is -2.24. The zero-order valence-corrected chi connectivity index (χ0v) is 11.5. The molecule has 0 aromatic heterocycles. The number of ether oxygens (including phenoxy) is 1. The summed E-state index contributed by atoms with van der Waals surface area (Å²) in [5, 5.41) is 6.61. The van der Waals surface area contributed by atoms with Crippen LogP contribution in [0.1, 0.15) is 25.7 Å². The van der Waals surface area contributed by atoms with E-state index in [4.69, 9.17) is 10.5 Å². The number of aliphatic imine (C=N–C) groups is 2. The maximum atomic E-state index is 5.86. The third kappa shape index (κ3) is 2.41. The van der Waals surface area contributed by atoms with Gasteiger partial charge in [0, 0.05) is 0 Å². The van der Waals surface area contributed by atoms with Crippen molar-refractivity contribution in [1.29, 1.82) is 0 Å². The lowest BCUT2D eigenvalue weighted by Gasteiger charge is -2.31. The van der Waals surface area contributed by atoms with Crippen molar-refractivity contribution in [1.82, 2.24) is 5.32 Å². The van der Waals surface area contributed by atoms with E-state index >= 15 is 0 Å². The fraction of sp³-hybridized carbons (Fsp3) is 0.429. The minimum absolute atomic E-state index is 0.282. The monoisotopic (exact) mass is 273 g/mol. The number of nitrogens with zero attached hydrogens (tertiary/aromatic N) is 2. The van der Waals surface area contributed by atoms with E-state index in [0.717, 1.165) is 37.1 Å². The summed E-state index contributed by atoms with van der Waals surface area (Å²) >= 11 is 0. The zero-order valence-electron chi connectivity index (χ0n) is 11.5. The fourth-order valence-corrected chi connectivity index (χ4v) is 2.77. The number of hydrogen-bond donors (Lipinski definition) is 3. The van der Waals surface area contributed by atoms with E-state index < -0.39 is 0 Å². The van der Waals surface area contributed by atoms with Crippen LogP contribution in [0.4, 0.5) is 5.69 Å². The van der Waals surface area contributed by atoms with Gasteiger partial charge in [0.25, 0.3) is 0 Å². The zero-order chi connectivity index (χ0) is 14.0. The third-order valence-electron chi connectivity index (χ3n) is 3.70. The normalized spacial score (nSPS) is 20.1. The summed E-state index contributed by atoms with van der Waals surface area (Å²) in [7, 11) is 1.64. The second kappa shape index (κ2) is 5.03. The molecule has 1 aliphatic carbocycles. The average Bonchev–Trinajstić information content (AvgIpc) is 2.86. The van der Waals surface area contributed by atoms with Crippen molar-refractivity contribution in [2.75, 3.05) is 12.4 Å². The minimum atomic E-state index is -0.282. The first-order chi connectivity index (χ1) is 9.71. The van der Waals surface area contributed by atoms with Crippen LogP contribution >= 0.6 is 0 Å². The minimum Gasteiger partial charge on any atom is -0.495 e. The number of nitrogens with one attached hydrogen (secondary N) is 2.